The number of nitrogen functional groups attached to an aromatic ring is 1. The predicted molar refractivity (Wildman–Crippen MR) is 72.3 cm³/mol. The fourth-order valence-electron chi connectivity index (χ4n) is 1.95. The van der Waals surface area contributed by atoms with Crippen molar-refractivity contribution in [3.8, 4) is 0 Å². The van der Waals surface area contributed by atoms with Crippen molar-refractivity contribution in [3.63, 3.8) is 0 Å². The van der Waals surface area contributed by atoms with Gasteiger partial charge in [0.05, 0.1) is 29.7 Å². The Labute approximate surface area is 111 Å². The average molecular weight is 266 g/mol. The summed E-state index contributed by atoms with van der Waals surface area (Å²) in [6.07, 6.45) is 1.64. The molecule has 1 aromatic heterocycles. The van der Waals surface area contributed by atoms with Crippen molar-refractivity contribution in [2.75, 3.05) is 13.2 Å². The molecule has 0 radical (unpaired) electrons. The van der Waals surface area contributed by atoms with E-state index in [2.05, 4.69) is 17.1 Å². The van der Waals surface area contributed by atoms with E-state index in [4.69, 9.17) is 15.9 Å². The third-order valence-corrected chi connectivity index (χ3v) is 4.08. The highest BCUT2D eigenvalue weighted by Crippen LogP contribution is 2.31. The number of thioether (sulfide) groups is 1. The van der Waals surface area contributed by atoms with E-state index in [9.17, 15) is 0 Å². The molecule has 2 rings (SSSR count). The Balaban J connectivity index is 2.41. The molecular formula is C12H18N4OS. The van der Waals surface area contributed by atoms with Gasteiger partial charge in [-0.25, -0.2) is 0 Å². The van der Waals surface area contributed by atoms with E-state index in [1.165, 1.54) is 0 Å². The first-order chi connectivity index (χ1) is 8.67. The number of nitrogens with two attached hydrogens (primary N) is 1. The number of ether oxygens (including phenoxy) is 1. The summed E-state index contributed by atoms with van der Waals surface area (Å²) < 4.78 is 5.15. The molecule has 0 aromatic carbocycles. The Morgan fingerprint density at radius 1 is 1.39 bits per heavy atom. The molecule has 0 unspecified atom stereocenters. The van der Waals surface area contributed by atoms with E-state index >= 15 is 0 Å². The number of nitrogens with zero attached hydrogens (tertiary/aromatic N) is 2. The van der Waals surface area contributed by atoms with Crippen LogP contribution in [0.5, 0.6) is 0 Å². The minimum atomic E-state index is 0.0826. The summed E-state index contributed by atoms with van der Waals surface area (Å²) in [6, 6.07) is 0. The minimum Gasteiger partial charge on any atom is -0.384 e. The van der Waals surface area contributed by atoms with Crippen molar-refractivity contribution >= 4 is 17.6 Å². The fourth-order valence-corrected chi connectivity index (χ4v) is 3.04. The molecule has 2 heterocycles. The molecule has 0 saturated carbocycles. The van der Waals surface area contributed by atoms with Gasteiger partial charge < -0.3 is 10.5 Å². The van der Waals surface area contributed by atoms with Gasteiger partial charge in [0, 0.05) is 0 Å². The lowest BCUT2D eigenvalue weighted by Crippen LogP contribution is -2.31. The van der Waals surface area contributed by atoms with Crippen molar-refractivity contribution in [1.82, 2.24) is 10.2 Å². The molecular weight excluding hydrogens is 248 g/mol. The summed E-state index contributed by atoms with van der Waals surface area (Å²) in [6.45, 7) is 5.57. The van der Waals surface area contributed by atoms with Crippen LogP contribution in [0.2, 0.25) is 0 Å². The lowest BCUT2D eigenvalue weighted by Gasteiger charge is -2.25. The van der Waals surface area contributed by atoms with Crippen molar-refractivity contribution < 1.29 is 4.74 Å². The Bertz CT molecular complexity index is 460. The van der Waals surface area contributed by atoms with E-state index in [0.717, 1.165) is 47.9 Å². The van der Waals surface area contributed by atoms with Gasteiger partial charge in [-0.1, -0.05) is 25.6 Å². The molecule has 18 heavy (non-hydrogen) atoms. The highest BCUT2D eigenvalue weighted by Gasteiger charge is 2.24. The van der Waals surface area contributed by atoms with E-state index in [0.29, 0.717) is 5.25 Å². The zero-order valence-corrected chi connectivity index (χ0v) is 11.5. The van der Waals surface area contributed by atoms with Gasteiger partial charge in [0.15, 0.2) is 0 Å². The van der Waals surface area contributed by atoms with Crippen LogP contribution in [-0.4, -0.2) is 34.5 Å². The van der Waals surface area contributed by atoms with Crippen molar-refractivity contribution in [3.05, 3.63) is 16.8 Å². The van der Waals surface area contributed by atoms with Crippen LogP contribution in [0, 0.1) is 5.41 Å². The summed E-state index contributed by atoms with van der Waals surface area (Å²) in [5.74, 6) is 0.0826. The normalized spacial score (nSPS) is 15.4. The second kappa shape index (κ2) is 5.67. The van der Waals surface area contributed by atoms with Gasteiger partial charge in [0.25, 0.3) is 0 Å². The van der Waals surface area contributed by atoms with E-state index in [-0.39, 0.29) is 5.84 Å². The summed E-state index contributed by atoms with van der Waals surface area (Å²) in [4.78, 5) is 0. The van der Waals surface area contributed by atoms with E-state index in [1.807, 2.05) is 6.92 Å². The smallest absolute Gasteiger partial charge is 0.130 e. The molecule has 0 bridgehead atoms. The molecule has 0 spiro atoms. The second-order valence-corrected chi connectivity index (χ2v) is 5.49. The standard InChI is InChI=1S/C12H18N4OS/c1-3-8-9(4-2)15-16-12(10(8)11(13)14)18-7-5-17-6-7/h7H,3-6H2,1-2H3,(H3,13,14). The number of hydrogen-bond donors (Lipinski definition) is 2. The van der Waals surface area contributed by atoms with Crippen LogP contribution < -0.4 is 5.73 Å². The Morgan fingerprint density at radius 2 is 2.11 bits per heavy atom. The predicted octanol–water partition coefficient (Wildman–Crippen LogP) is 1.38. The van der Waals surface area contributed by atoms with Crippen molar-refractivity contribution in [1.29, 1.82) is 5.41 Å². The topological polar surface area (TPSA) is 84.9 Å². The number of aryl methyl sites for hydroxylation is 1. The van der Waals surface area contributed by atoms with Crippen LogP contribution in [-0.2, 0) is 17.6 Å². The highest BCUT2D eigenvalue weighted by molar-refractivity contribution is 8.00. The molecule has 1 aliphatic heterocycles. The zero-order chi connectivity index (χ0) is 13.1. The number of amidine groups is 1. The van der Waals surface area contributed by atoms with Crippen molar-refractivity contribution in [2.24, 2.45) is 5.73 Å². The molecule has 98 valence electrons. The Kier molecular flexibility index (Phi) is 4.19. The zero-order valence-electron chi connectivity index (χ0n) is 10.7. The van der Waals surface area contributed by atoms with Gasteiger partial charge in [-0.2, -0.15) is 5.10 Å². The summed E-state index contributed by atoms with van der Waals surface area (Å²) in [5.41, 5.74) is 8.49. The maximum atomic E-state index is 7.78. The van der Waals surface area contributed by atoms with Crippen LogP contribution in [0.4, 0.5) is 0 Å². The molecule has 0 aliphatic carbocycles. The van der Waals surface area contributed by atoms with Crippen LogP contribution in [0.1, 0.15) is 30.7 Å². The van der Waals surface area contributed by atoms with Crippen molar-refractivity contribution in [2.45, 2.75) is 37.0 Å². The molecule has 0 amide bonds. The fraction of sp³-hybridized carbons (Fsp3) is 0.583. The lowest BCUT2D eigenvalue weighted by atomic mass is 10.0. The molecule has 1 aromatic rings. The number of nitrogens with one attached hydrogen (secondary N) is 1. The van der Waals surface area contributed by atoms with Gasteiger partial charge >= 0.3 is 0 Å². The third-order valence-electron chi connectivity index (χ3n) is 2.97. The maximum absolute atomic E-state index is 7.78. The van der Waals surface area contributed by atoms with Gasteiger partial charge in [0.2, 0.25) is 0 Å². The average Bonchev–Trinajstić information content (AvgIpc) is 2.32. The van der Waals surface area contributed by atoms with E-state index in [1.54, 1.807) is 11.8 Å². The third kappa shape index (κ3) is 2.49. The molecule has 1 aliphatic rings. The lowest BCUT2D eigenvalue weighted by molar-refractivity contribution is 0.0454. The molecule has 5 nitrogen and oxygen atoms in total. The first kappa shape index (κ1) is 13.3. The first-order valence-corrected chi connectivity index (χ1v) is 7.02. The van der Waals surface area contributed by atoms with Gasteiger partial charge in [-0.3, -0.25) is 5.41 Å². The van der Waals surface area contributed by atoms with Crippen LogP contribution >= 0.6 is 11.8 Å². The summed E-state index contributed by atoms with van der Waals surface area (Å²) >= 11 is 1.61. The number of aromatic nitrogens is 2. The van der Waals surface area contributed by atoms with E-state index < -0.39 is 0 Å². The number of hydrogen-bond acceptors (Lipinski definition) is 5. The number of rotatable bonds is 5. The molecule has 6 heteroatoms. The Hall–Kier alpha value is -1.14. The second-order valence-electron chi connectivity index (χ2n) is 4.20. The summed E-state index contributed by atoms with van der Waals surface area (Å²) in [7, 11) is 0. The van der Waals surface area contributed by atoms with Crippen LogP contribution in [0.3, 0.4) is 0 Å². The quantitative estimate of drug-likeness (QED) is 0.621. The minimum absolute atomic E-state index is 0.0826. The SMILES string of the molecule is CCc1nnc(SC2COC2)c(C(=N)N)c1CC. The highest BCUT2D eigenvalue weighted by atomic mass is 32.2. The van der Waals surface area contributed by atoms with Crippen LogP contribution in [0.25, 0.3) is 0 Å². The van der Waals surface area contributed by atoms with Crippen LogP contribution in [0.15, 0.2) is 5.03 Å². The first-order valence-electron chi connectivity index (χ1n) is 6.14. The monoisotopic (exact) mass is 266 g/mol. The molecule has 0 atom stereocenters. The van der Waals surface area contributed by atoms with Gasteiger partial charge in [-0.15, -0.1) is 5.10 Å². The molecule has 3 N–H and O–H groups in total. The largest absolute Gasteiger partial charge is 0.384 e. The van der Waals surface area contributed by atoms with Gasteiger partial charge in [0.1, 0.15) is 10.9 Å². The maximum Gasteiger partial charge on any atom is 0.130 e. The molecule has 1 fully saturated rings. The van der Waals surface area contributed by atoms with Gasteiger partial charge in [-0.05, 0) is 18.4 Å². The summed E-state index contributed by atoms with van der Waals surface area (Å²) in [5, 5.41) is 17.5. The Morgan fingerprint density at radius 3 is 2.56 bits per heavy atom. The molecule has 1 saturated heterocycles.